The first-order valence-electron chi connectivity index (χ1n) is 6.35. The predicted octanol–water partition coefficient (Wildman–Crippen LogP) is 1.89. The van der Waals surface area contributed by atoms with Crippen LogP contribution in [0.25, 0.3) is 0 Å². The molecule has 1 N–H and O–H groups in total. The molecule has 1 fully saturated rings. The highest BCUT2D eigenvalue weighted by molar-refractivity contribution is 4.86. The van der Waals surface area contributed by atoms with E-state index in [0.29, 0.717) is 19.8 Å². The van der Waals surface area contributed by atoms with Gasteiger partial charge in [0.25, 0.3) is 0 Å². The van der Waals surface area contributed by atoms with Gasteiger partial charge in [0, 0.05) is 32.8 Å². The van der Waals surface area contributed by atoms with Crippen molar-refractivity contribution in [2.75, 3.05) is 46.9 Å². The Morgan fingerprint density at radius 1 is 1.28 bits per heavy atom. The molecule has 0 spiro atoms. The van der Waals surface area contributed by atoms with Gasteiger partial charge < -0.3 is 15.0 Å². The molecule has 0 aliphatic carbocycles. The van der Waals surface area contributed by atoms with Crippen LogP contribution in [-0.4, -0.2) is 58.0 Å². The molecule has 1 rings (SSSR count). The van der Waals surface area contributed by atoms with Gasteiger partial charge in [0.2, 0.25) is 0 Å². The van der Waals surface area contributed by atoms with E-state index in [1.54, 1.807) is 11.9 Å². The quantitative estimate of drug-likeness (QED) is 0.796. The van der Waals surface area contributed by atoms with Crippen LogP contribution in [0.3, 0.4) is 0 Å². The zero-order chi connectivity index (χ0) is 13.6. The number of hydrogen-bond donors (Lipinski definition) is 1. The minimum Gasteiger partial charge on any atom is -0.381 e. The van der Waals surface area contributed by atoms with Crippen LogP contribution in [0.2, 0.25) is 0 Å². The van der Waals surface area contributed by atoms with Gasteiger partial charge in [0.05, 0.1) is 6.42 Å². The van der Waals surface area contributed by atoms with E-state index in [2.05, 4.69) is 5.32 Å². The molecular formula is C12H23F3N2O. The SMILES string of the molecule is CNCC1(CN(C)CCC(F)(F)F)CCOCC1. The Morgan fingerprint density at radius 3 is 2.39 bits per heavy atom. The zero-order valence-corrected chi connectivity index (χ0v) is 11.1. The van der Waals surface area contributed by atoms with Crippen LogP contribution < -0.4 is 5.32 Å². The highest BCUT2D eigenvalue weighted by Crippen LogP contribution is 2.31. The van der Waals surface area contributed by atoms with E-state index in [1.165, 1.54) is 0 Å². The summed E-state index contributed by atoms with van der Waals surface area (Å²) >= 11 is 0. The molecule has 1 aliphatic rings. The summed E-state index contributed by atoms with van der Waals surface area (Å²) < 4.78 is 41.9. The molecule has 0 bridgehead atoms. The summed E-state index contributed by atoms with van der Waals surface area (Å²) in [5.41, 5.74) is 0.0490. The Hall–Kier alpha value is -0.330. The summed E-state index contributed by atoms with van der Waals surface area (Å²) in [6.45, 7) is 2.99. The van der Waals surface area contributed by atoms with Crippen LogP contribution in [0.15, 0.2) is 0 Å². The van der Waals surface area contributed by atoms with E-state index in [4.69, 9.17) is 4.74 Å². The van der Waals surface area contributed by atoms with E-state index < -0.39 is 12.6 Å². The fourth-order valence-corrected chi connectivity index (χ4v) is 2.54. The maximum Gasteiger partial charge on any atom is 0.390 e. The lowest BCUT2D eigenvalue weighted by atomic mass is 9.79. The van der Waals surface area contributed by atoms with E-state index in [9.17, 15) is 13.2 Å². The average Bonchev–Trinajstić information content (AvgIpc) is 2.27. The average molecular weight is 268 g/mol. The van der Waals surface area contributed by atoms with Crippen molar-refractivity contribution in [3.05, 3.63) is 0 Å². The van der Waals surface area contributed by atoms with Crippen molar-refractivity contribution in [2.24, 2.45) is 5.41 Å². The lowest BCUT2D eigenvalue weighted by molar-refractivity contribution is -0.138. The first-order valence-corrected chi connectivity index (χ1v) is 6.35. The lowest BCUT2D eigenvalue weighted by Crippen LogP contribution is -2.46. The van der Waals surface area contributed by atoms with Crippen LogP contribution in [0.1, 0.15) is 19.3 Å². The molecule has 0 atom stereocenters. The zero-order valence-electron chi connectivity index (χ0n) is 11.1. The van der Waals surface area contributed by atoms with Gasteiger partial charge in [-0.15, -0.1) is 0 Å². The summed E-state index contributed by atoms with van der Waals surface area (Å²) in [7, 11) is 3.64. The smallest absolute Gasteiger partial charge is 0.381 e. The molecule has 0 unspecified atom stereocenters. The molecule has 0 amide bonds. The maximum atomic E-state index is 12.2. The van der Waals surface area contributed by atoms with E-state index in [1.807, 2.05) is 7.05 Å². The van der Waals surface area contributed by atoms with Crippen LogP contribution >= 0.6 is 0 Å². The Morgan fingerprint density at radius 2 is 1.89 bits per heavy atom. The fourth-order valence-electron chi connectivity index (χ4n) is 2.54. The highest BCUT2D eigenvalue weighted by Gasteiger charge is 2.34. The van der Waals surface area contributed by atoms with Crippen molar-refractivity contribution in [3.8, 4) is 0 Å². The van der Waals surface area contributed by atoms with Crippen LogP contribution in [0, 0.1) is 5.41 Å². The van der Waals surface area contributed by atoms with Crippen LogP contribution in [0.4, 0.5) is 13.2 Å². The van der Waals surface area contributed by atoms with Crippen LogP contribution in [0.5, 0.6) is 0 Å². The number of halogens is 3. The van der Waals surface area contributed by atoms with Crippen LogP contribution in [-0.2, 0) is 4.74 Å². The van der Waals surface area contributed by atoms with Gasteiger partial charge in [0.15, 0.2) is 0 Å². The van der Waals surface area contributed by atoms with Gasteiger partial charge in [0.1, 0.15) is 0 Å². The summed E-state index contributed by atoms with van der Waals surface area (Å²) in [6, 6.07) is 0. The van der Waals surface area contributed by atoms with Gasteiger partial charge in [-0.25, -0.2) is 0 Å². The molecule has 18 heavy (non-hydrogen) atoms. The maximum absolute atomic E-state index is 12.2. The molecular weight excluding hydrogens is 245 g/mol. The second kappa shape index (κ2) is 6.73. The van der Waals surface area contributed by atoms with Gasteiger partial charge >= 0.3 is 6.18 Å². The predicted molar refractivity (Wildman–Crippen MR) is 64.6 cm³/mol. The number of hydrogen-bond acceptors (Lipinski definition) is 3. The standard InChI is InChI=1S/C12H23F3N2O/c1-16-9-11(4-7-18-8-5-11)10-17(2)6-3-12(13,14)15/h16H,3-10H2,1-2H3. The molecule has 0 aromatic heterocycles. The summed E-state index contributed by atoms with van der Waals surface area (Å²) in [5, 5.41) is 3.15. The first-order chi connectivity index (χ1) is 8.37. The second-order valence-electron chi connectivity index (χ2n) is 5.25. The molecule has 6 heteroatoms. The van der Waals surface area contributed by atoms with Crippen molar-refractivity contribution >= 4 is 0 Å². The van der Waals surface area contributed by atoms with Gasteiger partial charge in [-0.05, 0) is 32.4 Å². The number of nitrogens with one attached hydrogen (secondary N) is 1. The van der Waals surface area contributed by atoms with Crippen molar-refractivity contribution < 1.29 is 17.9 Å². The second-order valence-corrected chi connectivity index (χ2v) is 5.25. The minimum atomic E-state index is -4.07. The number of nitrogens with zero attached hydrogens (tertiary/aromatic N) is 1. The molecule has 1 aliphatic heterocycles. The van der Waals surface area contributed by atoms with Gasteiger partial charge in [-0.2, -0.15) is 13.2 Å². The van der Waals surface area contributed by atoms with E-state index >= 15 is 0 Å². The third kappa shape index (κ3) is 5.54. The molecule has 108 valence electrons. The minimum absolute atomic E-state index is 0.0490. The monoisotopic (exact) mass is 268 g/mol. The van der Waals surface area contributed by atoms with Crippen molar-refractivity contribution in [1.29, 1.82) is 0 Å². The van der Waals surface area contributed by atoms with E-state index in [0.717, 1.165) is 19.4 Å². The number of ether oxygens (including phenoxy) is 1. The highest BCUT2D eigenvalue weighted by atomic mass is 19.4. The fraction of sp³-hybridized carbons (Fsp3) is 1.00. The summed E-state index contributed by atoms with van der Waals surface area (Å²) in [4.78, 5) is 1.79. The largest absolute Gasteiger partial charge is 0.390 e. The molecule has 0 radical (unpaired) electrons. The molecule has 0 aromatic rings. The molecule has 3 nitrogen and oxygen atoms in total. The Labute approximate surface area is 107 Å². The summed E-state index contributed by atoms with van der Waals surface area (Å²) in [6.07, 6.45) is -3.00. The first kappa shape index (κ1) is 15.7. The molecule has 1 saturated heterocycles. The Balaban J connectivity index is 2.44. The van der Waals surface area contributed by atoms with Gasteiger partial charge in [-0.3, -0.25) is 0 Å². The molecule has 0 saturated carbocycles. The number of rotatable bonds is 6. The summed E-state index contributed by atoms with van der Waals surface area (Å²) in [5.74, 6) is 0. The lowest BCUT2D eigenvalue weighted by Gasteiger charge is -2.40. The normalized spacial score (nSPS) is 20.3. The number of alkyl halides is 3. The third-order valence-electron chi connectivity index (χ3n) is 3.49. The third-order valence-corrected chi connectivity index (χ3v) is 3.49. The topological polar surface area (TPSA) is 24.5 Å². The Bertz CT molecular complexity index is 234. The Kier molecular flexibility index (Phi) is 5.88. The molecule has 0 aromatic carbocycles. The van der Waals surface area contributed by atoms with Crippen molar-refractivity contribution in [2.45, 2.75) is 25.4 Å². The molecule has 1 heterocycles. The van der Waals surface area contributed by atoms with Crippen molar-refractivity contribution in [3.63, 3.8) is 0 Å². The van der Waals surface area contributed by atoms with Crippen molar-refractivity contribution in [1.82, 2.24) is 10.2 Å². The van der Waals surface area contributed by atoms with Gasteiger partial charge in [-0.1, -0.05) is 0 Å². The van der Waals surface area contributed by atoms with E-state index in [-0.39, 0.29) is 12.0 Å².